The molecule has 1 fully saturated rings. The lowest BCUT2D eigenvalue weighted by Crippen LogP contribution is -2.40. The van der Waals surface area contributed by atoms with Crippen molar-refractivity contribution in [3.63, 3.8) is 0 Å². The molecule has 0 saturated carbocycles. The van der Waals surface area contributed by atoms with E-state index in [1.807, 2.05) is 67.6 Å². The summed E-state index contributed by atoms with van der Waals surface area (Å²) in [4.78, 5) is 28.1. The van der Waals surface area contributed by atoms with Crippen LogP contribution >= 0.6 is 0 Å². The zero-order valence-corrected chi connectivity index (χ0v) is 29.1. The number of furan rings is 1. The number of aliphatic imine (C=N–C) groups is 1. The molecule has 8 rings (SSSR count). The second kappa shape index (κ2) is 12.4. The fourth-order valence-electron chi connectivity index (χ4n) is 7.29. The fourth-order valence-corrected chi connectivity index (χ4v) is 7.72. The SMILES string of the molecule is CNC(=O)c1c(-c2ccc(C)cc2)oc2cc(N(C)S(C)=O)c(-c3ccc4c(n3)C3=CC5C(=CC=CC5F)N3C(CN3CC[C@@H](N)C3)=N4)cc12. The van der Waals surface area contributed by atoms with E-state index >= 15 is 4.39 Å². The van der Waals surface area contributed by atoms with Crippen molar-refractivity contribution in [1.82, 2.24) is 20.1 Å². The van der Waals surface area contributed by atoms with Gasteiger partial charge in [0.1, 0.15) is 40.0 Å². The number of anilines is 1. The predicted molar refractivity (Wildman–Crippen MR) is 197 cm³/mol. The van der Waals surface area contributed by atoms with E-state index in [4.69, 9.17) is 20.1 Å². The lowest BCUT2D eigenvalue weighted by atomic mass is 9.96. The van der Waals surface area contributed by atoms with Crippen LogP contribution in [0, 0.1) is 12.8 Å². The first-order chi connectivity index (χ1) is 24.1. The largest absolute Gasteiger partial charge is 0.455 e. The molecule has 256 valence electrons. The minimum Gasteiger partial charge on any atom is -0.455 e. The highest BCUT2D eigenvalue weighted by molar-refractivity contribution is 7.85. The molecule has 2 aromatic carbocycles. The molecule has 4 atom stereocenters. The molecule has 4 aromatic rings. The van der Waals surface area contributed by atoms with Crippen molar-refractivity contribution in [2.45, 2.75) is 25.6 Å². The van der Waals surface area contributed by atoms with Gasteiger partial charge in [0.15, 0.2) is 0 Å². The number of carbonyl (C=O) groups excluding carboxylic acids is 1. The smallest absolute Gasteiger partial charge is 0.255 e. The number of nitrogens with zero attached hydrogens (tertiary/aromatic N) is 5. The zero-order valence-electron chi connectivity index (χ0n) is 28.3. The third-order valence-corrected chi connectivity index (χ3v) is 10.9. The molecule has 1 saturated heterocycles. The average molecular weight is 692 g/mol. The molecule has 0 bridgehead atoms. The van der Waals surface area contributed by atoms with E-state index < -0.39 is 23.1 Å². The number of allylic oxidation sites excluding steroid dienone is 4. The molecule has 12 heteroatoms. The summed E-state index contributed by atoms with van der Waals surface area (Å²) in [6, 6.07) is 15.4. The van der Waals surface area contributed by atoms with Crippen LogP contribution in [0.15, 0.2) is 87.9 Å². The van der Waals surface area contributed by atoms with E-state index in [0.717, 1.165) is 47.9 Å². The van der Waals surface area contributed by atoms with Gasteiger partial charge in [0, 0.05) is 67.8 Å². The van der Waals surface area contributed by atoms with Gasteiger partial charge < -0.3 is 15.5 Å². The van der Waals surface area contributed by atoms with Crippen LogP contribution in [0.2, 0.25) is 0 Å². The Labute approximate surface area is 292 Å². The summed E-state index contributed by atoms with van der Waals surface area (Å²) in [5.41, 5.74) is 13.7. The number of hydrogen-bond donors (Lipinski definition) is 2. The molecular weight excluding hydrogens is 654 g/mol. The fraction of sp³-hybridized carbons (Fsp3) is 0.289. The molecule has 1 amide bonds. The van der Waals surface area contributed by atoms with Gasteiger partial charge in [0.25, 0.3) is 5.91 Å². The molecule has 3 N–H and O–H groups in total. The van der Waals surface area contributed by atoms with Crippen molar-refractivity contribution in [1.29, 1.82) is 0 Å². The Morgan fingerprint density at radius 2 is 2.00 bits per heavy atom. The summed E-state index contributed by atoms with van der Waals surface area (Å²) in [6.07, 6.45) is 8.59. The van der Waals surface area contributed by atoms with Crippen LogP contribution in [0.5, 0.6) is 0 Å². The maximum Gasteiger partial charge on any atom is 0.255 e. The van der Waals surface area contributed by atoms with E-state index in [9.17, 15) is 9.00 Å². The minimum absolute atomic E-state index is 0.123. The Balaban J connectivity index is 1.31. The van der Waals surface area contributed by atoms with Crippen LogP contribution in [-0.2, 0) is 11.0 Å². The normalized spacial score (nSPS) is 21.7. The van der Waals surface area contributed by atoms with Crippen LogP contribution in [-0.4, -0.2) is 82.9 Å². The van der Waals surface area contributed by atoms with Crippen molar-refractivity contribution in [2.75, 3.05) is 44.3 Å². The summed E-state index contributed by atoms with van der Waals surface area (Å²) in [5, 5.41) is 3.37. The summed E-state index contributed by atoms with van der Waals surface area (Å²) in [6.45, 7) is 4.23. The molecule has 5 heterocycles. The minimum atomic E-state index is -1.39. The van der Waals surface area contributed by atoms with Gasteiger partial charge >= 0.3 is 0 Å². The number of halogens is 1. The Morgan fingerprint density at radius 1 is 1.20 bits per heavy atom. The second-order valence-corrected chi connectivity index (χ2v) is 14.6. The van der Waals surface area contributed by atoms with Crippen molar-refractivity contribution in [3.8, 4) is 22.6 Å². The lowest BCUT2D eigenvalue weighted by molar-refractivity contribution is 0.0964. The molecule has 4 aliphatic rings. The number of hydrogen-bond acceptors (Lipinski definition) is 8. The number of likely N-dealkylation sites (tertiary alicyclic amines) is 1. The maximum atomic E-state index is 15.4. The molecule has 3 unspecified atom stereocenters. The number of nitrogens with two attached hydrogens (primary N) is 1. The first kappa shape index (κ1) is 32.3. The Morgan fingerprint density at radius 3 is 2.72 bits per heavy atom. The quantitative estimate of drug-likeness (QED) is 0.255. The zero-order chi connectivity index (χ0) is 34.8. The van der Waals surface area contributed by atoms with Crippen LogP contribution in [0.25, 0.3) is 39.2 Å². The molecule has 1 aliphatic carbocycles. The van der Waals surface area contributed by atoms with Gasteiger partial charge in [-0.3, -0.25) is 18.9 Å². The molecule has 0 spiro atoms. The predicted octanol–water partition coefficient (Wildman–Crippen LogP) is 5.70. The van der Waals surface area contributed by atoms with Gasteiger partial charge in [-0.05, 0) is 49.8 Å². The molecule has 2 aromatic heterocycles. The van der Waals surface area contributed by atoms with Crippen molar-refractivity contribution in [3.05, 3.63) is 95.4 Å². The second-order valence-electron chi connectivity index (χ2n) is 13.2. The first-order valence-corrected chi connectivity index (χ1v) is 18.2. The highest BCUT2D eigenvalue weighted by atomic mass is 32.2. The van der Waals surface area contributed by atoms with Gasteiger partial charge in [0.2, 0.25) is 0 Å². The van der Waals surface area contributed by atoms with Gasteiger partial charge in [-0.2, -0.15) is 0 Å². The number of alkyl halides is 1. The number of benzene rings is 2. The highest BCUT2D eigenvalue weighted by Gasteiger charge is 2.41. The Hall–Kier alpha value is -4.91. The van der Waals surface area contributed by atoms with Gasteiger partial charge in [-0.1, -0.05) is 35.9 Å². The first-order valence-electron chi connectivity index (χ1n) is 16.7. The number of aromatic nitrogens is 1. The molecule has 10 nitrogen and oxygen atoms in total. The standard InChI is InChI=1S/C38H38FN7O3S/c1-21-8-10-22(11-9-21)37-35(38(47)41-2)26-16-25(31(18-33(26)49-37)44(3)50(4)48)28-12-13-29-36(43-28)32-17-24-27(39)6-5-7-30(24)46(32)34(42-29)20-45-15-14-23(40)19-45/h5-13,16-18,23-24,27H,14-15,19-20,40H2,1-4H3,(H,41,47)/t23-,24?,27?,50?/m1/s1. The summed E-state index contributed by atoms with van der Waals surface area (Å²) >= 11 is 0. The number of amidine groups is 1. The van der Waals surface area contributed by atoms with E-state index in [0.29, 0.717) is 57.2 Å². The van der Waals surface area contributed by atoms with E-state index in [2.05, 4.69) is 15.1 Å². The van der Waals surface area contributed by atoms with Gasteiger partial charge in [-0.25, -0.2) is 18.6 Å². The molecular formula is C38H38FN7O3S. The van der Waals surface area contributed by atoms with Crippen LogP contribution in [0.1, 0.15) is 28.0 Å². The molecule has 0 radical (unpaired) electrons. The Kier molecular flexibility index (Phi) is 8.04. The number of fused-ring (bicyclic) bond motifs is 6. The monoisotopic (exact) mass is 691 g/mol. The van der Waals surface area contributed by atoms with E-state index in [1.54, 1.807) is 36.8 Å². The number of carbonyl (C=O) groups is 1. The number of aryl methyl sites for hydroxylation is 1. The van der Waals surface area contributed by atoms with Crippen molar-refractivity contribution in [2.24, 2.45) is 16.6 Å². The highest BCUT2D eigenvalue weighted by Crippen LogP contribution is 2.47. The van der Waals surface area contributed by atoms with Crippen LogP contribution < -0.4 is 15.4 Å². The number of pyridine rings is 1. The van der Waals surface area contributed by atoms with E-state index in [-0.39, 0.29) is 11.9 Å². The van der Waals surface area contributed by atoms with Crippen molar-refractivity contribution >= 4 is 50.8 Å². The van der Waals surface area contributed by atoms with Crippen LogP contribution in [0.4, 0.5) is 15.8 Å². The summed E-state index contributed by atoms with van der Waals surface area (Å²) in [5.74, 6) is 0.504. The van der Waals surface area contributed by atoms with E-state index in [1.165, 1.54) is 0 Å². The number of nitrogens with one attached hydrogen (secondary N) is 1. The summed E-state index contributed by atoms with van der Waals surface area (Å²) < 4.78 is 36.3. The lowest BCUT2D eigenvalue weighted by Gasteiger charge is -2.33. The molecule has 3 aliphatic heterocycles. The van der Waals surface area contributed by atoms with Gasteiger partial charge in [0.05, 0.1) is 40.8 Å². The number of rotatable bonds is 7. The maximum absolute atomic E-state index is 15.4. The third kappa shape index (κ3) is 5.38. The molecule has 50 heavy (non-hydrogen) atoms. The van der Waals surface area contributed by atoms with Gasteiger partial charge in [-0.15, -0.1) is 0 Å². The average Bonchev–Trinajstić information content (AvgIpc) is 3.82. The number of amides is 1. The third-order valence-electron chi connectivity index (χ3n) is 9.96. The topological polar surface area (TPSA) is 120 Å². The Bertz CT molecular complexity index is 2210. The van der Waals surface area contributed by atoms with Crippen LogP contribution in [0.3, 0.4) is 0 Å². The summed E-state index contributed by atoms with van der Waals surface area (Å²) in [7, 11) is 1.95. The van der Waals surface area contributed by atoms with Crippen molar-refractivity contribution < 1.29 is 17.8 Å².